The molecule has 1 heterocycles. The normalized spacial score (nSPS) is 15.2. The van der Waals surface area contributed by atoms with Crippen molar-refractivity contribution >= 4 is 49.4 Å². The summed E-state index contributed by atoms with van der Waals surface area (Å²) in [6, 6.07) is 5.32. The second-order valence-corrected chi connectivity index (χ2v) is 4.71. The standard InChI is InChI=1S/C10H5Br2NO2/c11-6-1-2-7(12)8(5-6)13-9(14)3-4-10(13)15/h1-5H. The number of carbonyl (C=O) groups excluding carboxylic acids is 2. The van der Waals surface area contributed by atoms with E-state index in [0.717, 1.165) is 9.37 Å². The first-order valence-corrected chi connectivity index (χ1v) is 5.69. The van der Waals surface area contributed by atoms with Gasteiger partial charge < -0.3 is 0 Å². The topological polar surface area (TPSA) is 37.4 Å². The fraction of sp³-hybridized carbons (Fsp3) is 0. The molecule has 15 heavy (non-hydrogen) atoms. The van der Waals surface area contributed by atoms with Crippen molar-refractivity contribution in [2.75, 3.05) is 4.90 Å². The van der Waals surface area contributed by atoms with Crippen LogP contribution in [-0.2, 0) is 9.59 Å². The van der Waals surface area contributed by atoms with Crippen molar-refractivity contribution < 1.29 is 9.59 Å². The minimum Gasteiger partial charge on any atom is -0.269 e. The summed E-state index contributed by atoms with van der Waals surface area (Å²) < 4.78 is 1.52. The van der Waals surface area contributed by atoms with E-state index < -0.39 is 0 Å². The van der Waals surface area contributed by atoms with Crippen LogP contribution in [0.25, 0.3) is 0 Å². The van der Waals surface area contributed by atoms with Crippen molar-refractivity contribution in [2.24, 2.45) is 0 Å². The Bertz CT molecular complexity index is 464. The molecule has 0 aliphatic carbocycles. The molecule has 0 aromatic heterocycles. The lowest BCUT2D eigenvalue weighted by atomic mass is 10.3. The van der Waals surface area contributed by atoms with Crippen LogP contribution >= 0.6 is 31.9 Å². The minimum absolute atomic E-state index is 0.321. The highest BCUT2D eigenvalue weighted by Crippen LogP contribution is 2.31. The highest BCUT2D eigenvalue weighted by molar-refractivity contribution is 9.11. The molecule has 1 aliphatic heterocycles. The molecule has 5 heteroatoms. The molecule has 0 saturated carbocycles. The number of amides is 2. The van der Waals surface area contributed by atoms with Crippen molar-refractivity contribution in [3.05, 3.63) is 39.3 Å². The van der Waals surface area contributed by atoms with Crippen LogP contribution in [-0.4, -0.2) is 11.8 Å². The molecule has 1 aromatic carbocycles. The lowest BCUT2D eigenvalue weighted by Gasteiger charge is -2.15. The maximum absolute atomic E-state index is 11.4. The number of benzene rings is 1. The Morgan fingerprint density at radius 3 is 2.20 bits per heavy atom. The van der Waals surface area contributed by atoms with Crippen LogP contribution in [0, 0.1) is 0 Å². The number of hydrogen-bond acceptors (Lipinski definition) is 2. The van der Waals surface area contributed by atoms with E-state index in [1.165, 1.54) is 12.2 Å². The summed E-state index contributed by atoms with van der Waals surface area (Å²) in [5.41, 5.74) is 0.546. The van der Waals surface area contributed by atoms with Gasteiger partial charge in [0.1, 0.15) is 0 Å². The van der Waals surface area contributed by atoms with Gasteiger partial charge in [-0.05, 0) is 34.1 Å². The van der Waals surface area contributed by atoms with Gasteiger partial charge in [-0.15, -0.1) is 0 Å². The highest BCUT2D eigenvalue weighted by atomic mass is 79.9. The van der Waals surface area contributed by atoms with Gasteiger partial charge in [0.15, 0.2) is 0 Å². The first kappa shape index (κ1) is 10.6. The van der Waals surface area contributed by atoms with E-state index in [0.29, 0.717) is 10.2 Å². The van der Waals surface area contributed by atoms with E-state index in [2.05, 4.69) is 31.9 Å². The molecule has 0 unspecified atom stereocenters. The minimum atomic E-state index is -0.321. The SMILES string of the molecule is O=C1C=CC(=O)N1c1cc(Br)ccc1Br. The second-order valence-electron chi connectivity index (χ2n) is 2.94. The first-order chi connectivity index (χ1) is 7.09. The zero-order chi connectivity index (χ0) is 11.0. The van der Waals surface area contributed by atoms with E-state index in [-0.39, 0.29) is 11.8 Å². The van der Waals surface area contributed by atoms with Crippen molar-refractivity contribution in [2.45, 2.75) is 0 Å². The number of halogens is 2. The van der Waals surface area contributed by atoms with E-state index in [1.54, 1.807) is 12.1 Å². The van der Waals surface area contributed by atoms with Gasteiger partial charge in [0, 0.05) is 21.1 Å². The van der Waals surface area contributed by atoms with Gasteiger partial charge >= 0.3 is 0 Å². The van der Waals surface area contributed by atoms with Gasteiger partial charge in [-0.2, -0.15) is 0 Å². The Hall–Kier alpha value is -0.940. The van der Waals surface area contributed by atoms with Crippen LogP contribution in [0.1, 0.15) is 0 Å². The van der Waals surface area contributed by atoms with Crippen LogP contribution in [0.2, 0.25) is 0 Å². The van der Waals surface area contributed by atoms with Crippen molar-refractivity contribution in [3.8, 4) is 0 Å². The predicted octanol–water partition coefficient (Wildman–Crippen LogP) is 2.64. The van der Waals surface area contributed by atoms with E-state index in [1.807, 2.05) is 6.07 Å². The van der Waals surface area contributed by atoms with Gasteiger partial charge in [-0.25, -0.2) is 4.90 Å². The molecule has 0 N–H and O–H groups in total. The summed E-state index contributed by atoms with van der Waals surface area (Å²) >= 11 is 6.59. The summed E-state index contributed by atoms with van der Waals surface area (Å²) in [5, 5.41) is 0. The molecule has 1 aliphatic rings. The first-order valence-electron chi connectivity index (χ1n) is 4.11. The Kier molecular flexibility index (Phi) is 2.75. The Morgan fingerprint density at radius 2 is 1.60 bits per heavy atom. The molecular formula is C10H5Br2NO2. The number of carbonyl (C=O) groups is 2. The summed E-state index contributed by atoms with van der Waals surface area (Å²) in [5.74, 6) is -0.641. The zero-order valence-electron chi connectivity index (χ0n) is 7.41. The molecule has 3 nitrogen and oxygen atoms in total. The van der Waals surface area contributed by atoms with Crippen LogP contribution in [0.4, 0.5) is 5.69 Å². The molecular weight excluding hydrogens is 326 g/mol. The third kappa shape index (κ3) is 1.89. The zero-order valence-corrected chi connectivity index (χ0v) is 10.6. The van der Waals surface area contributed by atoms with Gasteiger partial charge in [0.05, 0.1) is 5.69 Å². The third-order valence-electron chi connectivity index (χ3n) is 1.96. The molecule has 2 amide bonds. The maximum atomic E-state index is 11.4. The molecule has 0 saturated heterocycles. The van der Waals surface area contributed by atoms with Gasteiger partial charge in [0.25, 0.3) is 11.8 Å². The van der Waals surface area contributed by atoms with E-state index >= 15 is 0 Å². The fourth-order valence-electron chi connectivity index (χ4n) is 1.29. The smallest absolute Gasteiger partial charge is 0.258 e. The van der Waals surface area contributed by atoms with Gasteiger partial charge in [-0.3, -0.25) is 9.59 Å². The molecule has 1 aromatic rings. The largest absolute Gasteiger partial charge is 0.269 e. The molecule has 0 bridgehead atoms. The van der Waals surface area contributed by atoms with Crippen LogP contribution in [0.5, 0.6) is 0 Å². The average Bonchev–Trinajstić information content (AvgIpc) is 2.51. The van der Waals surface area contributed by atoms with Gasteiger partial charge in [-0.1, -0.05) is 15.9 Å². The number of anilines is 1. The average molecular weight is 331 g/mol. The second kappa shape index (κ2) is 3.90. The third-order valence-corrected chi connectivity index (χ3v) is 3.12. The number of rotatable bonds is 1. The Balaban J connectivity index is 2.50. The van der Waals surface area contributed by atoms with Gasteiger partial charge in [0.2, 0.25) is 0 Å². The highest BCUT2D eigenvalue weighted by Gasteiger charge is 2.26. The molecule has 0 radical (unpaired) electrons. The number of imide groups is 1. The lowest BCUT2D eigenvalue weighted by molar-refractivity contribution is -0.119. The molecule has 0 fully saturated rings. The summed E-state index contributed by atoms with van der Waals surface area (Å²) in [6.07, 6.45) is 2.52. The monoisotopic (exact) mass is 329 g/mol. The number of nitrogens with zero attached hydrogens (tertiary/aromatic N) is 1. The van der Waals surface area contributed by atoms with Crippen LogP contribution < -0.4 is 4.90 Å². The molecule has 2 rings (SSSR count). The lowest BCUT2D eigenvalue weighted by Crippen LogP contribution is -2.29. The van der Waals surface area contributed by atoms with E-state index in [9.17, 15) is 9.59 Å². The molecule has 76 valence electrons. The van der Waals surface area contributed by atoms with Crippen LogP contribution in [0.15, 0.2) is 39.3 Å². The summed E-state index contributed by atoms with van der Waals surface area (Å²) in [6.45, 7) is 0. The van der Waals surface area contributed by atoms with Crippen molar-refractivity contribution in [1.29, 1.82) is 0 Å². The Labute approximate surface area is 103 Å². The maximum Gasteiger partial charge on any atom is 0.258 e. The summed E-state index contributed by atoms with van der Waals surface area (Å²) in [7, 11) is 0. The molecule has 0 atom stereocenters. The van der Waals surface area contributed by atoms with E-state index in [4.69, 9.17) is 0 Å². The Morgan fingerprint density at radius 1 is 1.00 bits per heavy atom. The quantitative estimate of drug-likeness (QED) is 0.742. The fourth-order valence-corrected chi connectivity index (χ4v) is 2.07. The molecule has 0 spiro atoms. The van der Waals surface area contributed by atoms with Crippen LogP contribution in [0.3, 0.4) is 0 Å². The predicted molar refractivity (Wildman–Crippen MR) is 63.5 cm³/mol. The summed E-state index contributed by atoms with van der Waals surface area (Å²) in [4.78, 5) is 24.0. The van der Waals surface area contributed by atoms with Crippen molar-refractivity contribution in [3.63, 3.8) is 0 Å². The number of hydrogen-bond donors (Lipinski definition) is 0. The van der Waals surface area contributed by atoms with Crippen molar-refractivity contribution in [1.82, 2.24) is 0 Å².